The molecule has 8 heteroatoms. The highest BCUT2D eigenvalue weighted by molar-refractivity contribution is 7.15. The third kappa shape index (κ3) is 6.74. The van der Waals surface area contributed by atoms with E-state index in [1.165, 1.54) is 11.3 Å². The SMILES string of the molecule is C/C=C\C=C(\CO)C(CCc1nnc(NC(=O)c2cnc(C)cc2-c2ccccc2OC)s1)=C(C)C. The summed E-state index contributed by atoms with van der Waals surface area (Å²) in [6.45, 7) is 7.87. The number of aryl methyl sites for hydroxylation is 2. The van der Waals surface area contributed by atoms with Gasteiger partial charge in [0.2, 0.25) is 5.13 Å². The normalized spacial score (nSPS) is 11.6. The van der Waals surface area contributed by atoms with Gasteiger partial charge in [-0.05, 0) is 57.4 Å². The Bertz CT molecular complexity index is 1300. The summed E-state index contributed by atoms with van der Waals surface area (Å²) in [5.74, 6) is 0.365. The van der Waals surface area contributed by atoms with Gasteiger partial charge in [0.15, 0.2) is 0 Å². The first-order valence-electron chi connectivity index (χ1n) is 11.7. The van der Waals surface area contributed by atoms with Gasteiger partial charge in [-0.3, -0.25) is 15.1 Å². The van der Waals surface area contributed by atoms with Crippen LogP contribution in [0.3, 0.4) is 0 Å². The van der Waals surface area contributed by atoms with E-state index in [0.29, 0.717) is 29.3 Å². The molecule has 0 aliphatic heterocycles. The number of hydrogen-bond donors (Lipinski definition) is 2. The van der Waals surface area contributed by atoms with Gasteiger partial charge in [0.05, 0.1) is 19.3 Å². The molecule has 0 radical (unpaired) electrons. The van der Waals surface area contributed by atoms with Crippen LogP contribution in [0.25, 0.3) is 11.1 Å². The molecule has 7 nitrogen and oxygen atoms in total. The van der Waals surface area contributed by atoms with Gasteiger partial charge in [0, 0.05) is 29.4 Å². The second-order valence-electron chi connectivity index (χ2n) is 8.38. The molecule has 0 saturated heterocycles. The number of nitrogens with zero attached hydrogens (tertiary/aromatic N) is 3. The molecule has 0 spiro atoms. The lowest BCUT2D eigenvalue weighted by Gasteiger charge is -2.13. The zero-order valence-corrected chi connectivity index (χ0v) is 22.1. The Morgan fingerprint density at radius 2 is 1.97 bits per heavy atom. The molecule has 0 bridgehead atoms. The average Bonchev–Trinajstić information content (AvgIpc) is 3.32. The number of amides is 1. The number of allylic oxidation sites excluding steroid dienone is 4. The smallest absolute Gasteiger partial charge is 0.259 e. The number of hydrogen-bond acceptors (Lipinski definition) is 7. The molecular weight excluding hydrogens is 472 g/mol. The molecule has 1 aromatic carbocycles. The summed E-state index contributed by atoms with van der Waals surface area (Å²) in [6, 6.07) is 9.45. The lowest BCUT2D eigenvalue weighted by molar-refractivity contribution is 0.102. The number of methoxy groups -OCH3 is 1. The fraction of sp³-hybridized carbons (Fsp3) is 0.286. The third-order valence-corrected chi connectivity index (χ3v) is 6.51. The van der Waals surface area contributed by atoms with E-state index in [2.05, 4.69) is 20.5 Å². The fourth-order valence-corrected chi connectivity index (χ4v) is 4.56. The van der Waals surface area contributed by atoms with Gasteiger partial charge in [0.1, 0.15) is 10.8 Å². The number of pyridine rings is 1. The van der Waals surface area contributed by atoms with Gasteiger partial charge in [-0.2, -0.15) is 0 Å². The van der Waals surface area contributed by atoms with Crippen LogP contribution in [0.5, 0.6) is 5.75 Å². The largest absolute Gasteiger partial charge is 0.496 e. The first kappa shape index (κ1) is 27.0. The topological polar surface area (TPSA) is 97.2 Å². The van der Waals surface area contributed by atoms with Crippen LogP contribution in [0, 0.1) is 6.92 Å². The van der Waals surface area contributed by atoms with Crippen molar-refractivity contribution in [2.45, 2.75) is 40.5 Å². The highest BCUT2D eigenvalue weighted by atomic mass is 32.1. The standard InChI is InChI=1S/C28H32N4O3S/c1-6-7-10-20(17-33)21(18(2)3)13-14-26-31-32-28(36-26)30-27(34)24-16-29-19(4)15-23(24)22-11-8-9-12-25(22)35-5/h6-12,15-16,33H,13-14,17H2,1-5H3,(H,30,32,34)/b7-6-,20-10-. The number of rotatable bonds is 10. The van der Waals surface area contributed by atoms with E-state index >= 15 is 0 Å². The molecule has 2 aromatic heterocycles. The van der Waals surface area contributed by atoms with Crippen LogP contribution in [-0.2, 0) is 6.42 Å². The number of nitrogens with one attached hydrogen (secondary N) is 1. The lowest BCUT2D eigenvalue weighted by Crippen LogP contribution is -2.14. The van der Waals surface area contributed by atoms with Crippen LogP contribution in [0.4, 0.5) is 5.13 Å². The second-order valence-corrected chi connectivity index (χ2v) is 9.44. The molecule has 2 heterocycles. The Balaban J connectivity index is 1.78. The van der Waals surface area contributed by atoms with Gasteiger partial charge in [0.25, 0.3) is 5.91 Å². The zero-order chi connectivity index (χ0) is 26.1. The molecule has 2 N–H and O–H groups in total. The Hall–Kier alpha value is -3.62. The van der Waals surface area contributed by atoms with Crippen molar-refractivity contribution in [3.63, 3.8) is 0 Å². The monoisotopic (exact) mass is 504 g/mol. The van der Waals surface area contributed by atoms with E-state index in [1.807, 2.05) is 76.3 Å². The molecular formula is C28H32N4O3S. The van der Waals surface area contributed by atoms with Gasteiger partial charge in [-0.25, -0.2) is 0 Å². The number of aliphatic hydroxyl groups is 1. The summed E-state index contributed by atoms with van der Waals surface area (Å²) in [6.07, 6.45) is 8.73. The molecule has 0 aliphatic rings. The zero-order valence-electron chi connectivity index (χ0n) is 21.3. The lowest BCUT2D eigenvalue weighted by atomic mass is 9.97. The highest BCUT2D eigenvalue weighted by Gasteiger charge is 2.18. The number of ether oxygens (including phenoxy) is 1. The first-order chi connectivity index (χ1) is 17.4. The molecule has 0 aliphatic carbocycles. The summed E-state index contributed by atoms with van der Waals surface area (Å²) in [5, 5.41) is 22.3. The number of carbonyl (C=O) groups is 1. The van der Waals surface area contributed by atoms with Crippen molar-refractivity contribution in [1.29, 1.82) is 0 Å². The summed E-state index contributed by atoms with van der Waals surface area (Å²) in [5.41, 5.74) is 5.91. The number of aliphatic hydroxyl groups excluding tert-OH is 1. The van der Waals surface area contributed by atoms with E-state index in [9.17, 15) is 9.90 Å². The van der Waals surface area contributed by atoms with Crippen molar-refractivity contribution >= 4 is 22.4 Å². The molecule has 1 amide bonds. The van der Waals surface area contributed by atoms with E-state index in [0.717, 1.165) is 38.5 Å². The van der Waals surface area contributed by atoms with Crippen LogP contribution < -0.4 is 10.1 Å². The molecule has 188 valence electrons. The van der Waals surface area contributed by atoms with Crippen molar-refractivity contribution in [2.75, 3.05) is 19.0 Å². The summed E-state index contributed by atoms with van der Waals surface area (Å²) in [7, 11) is 1.61. The van der Waals surface area contributed by atoms with Gasteiger partial charge in [-0.1, -0.05) is 53.3 Å². The highest BCUT2D eigenvalue weighted by Crippen LogP contribution is 2.33. The molecule has 36 heavy (non-hydrogen) atoms. The Morgan fingerprint density at radius 1 is 1.19 bits per heavy atom. The quantitative estimate of drug-likeness (QED) is 0.332. The Labute approximate surface area is 216 Å². The molecule has 0 fully saturated rings. The van der Waals surface area contributed by atoms with Crippen molar-refractivity contribution in [2.24, 2.45) is 0 Å². The Morgan fingerprint density at radius 3 is 2.67 bits per heavy atom. The number of benzene rings is 1. The second kappa shape index (κ2) is 12.9. The van der Waals surface area contributed by atoms with Crippen molar-refractivity contribution < 1.29 is 14.6 Å². The van der Waals surface area contributed by atoms with Crippen molar-refractivity contribution in [3.8, 4) is 16.9 Å². The number of aromatic nitrogens is 3. The first-order valence-corrected chi connectivity index (χ1v) is 12.5. The van der Waals surface area contributed by atoms with E-state index < -0.39 is 0 Å². The van der Waals surface area contributed by atoms with E-state index in [-0.39, 0.29) is 12.5 Å². The predicted octanol–water partition coefficient (Wildman–Crippen LogP) is 5.93. The molecule has 0 atom stereocenters. The Kier molecular flexibility index (Phi) is 9.67. The molecule has 3 aromatic rings. The molecule has 0 saturated carbocycles. The minimum absolute atomic E-state index is 0.0264. The van der Waals surface area contributed by atoms with Gasteiger partial charge in [-0.15, -0.1) is 10.2 Å². The summed E-state index contributed by atoms with van der Waals surface area (Å²) < 4.78 is 5.51. The predicted molar refractivity (Wildman–Crippen MR) is 146 cm³/mol. The summed E-state index contributed by atoms with van der Waals surface area (Å²) >= 11 is 1.34. The van der Waals surface area contributed by atoms with Gasteiger partial charge >= 0.3 is 0 Å². The average molecular weight is 505 g/mol. The van der Waals surface area contributed by atoms with Crippen LogP contribution in [0.15, 0.2) is 71.5 Å². The number of anilines is 1. The maximum absolute atomic E-state index is 13.2. The maximum Gasteiger partial charge on any atom is 0.259 e. The van der Waals surface area contributed by atoms with Crippen molar-refractivity contribution in [3.05, 3.63) is 87.7 Å². The third-order valence-electron chi connectivity index (χ3n) is 5.61. The minimum atomic E-state index is -0.312. The van der Waals surface area contributed by atoms with Crippen LogP contribution in [-0.4, -0.2) is 39.9 Å². The van der Waals surface area contributed by atoms with Crippen LogP contribution in [0.1, 0.15) is 48.3 Å². The fourth-order valence-electron chi connectivity index (χ4n) is 3.83. The maximum atomic E-state index is 13.2. The van der Waals surface area contributed by atoms with Crippen molar-refractivity contribution in [1.82, 2.24) is 15.2 Å². The number of para-hydroxylation sites is 1. The van der Waals surface area contributed by atoms with E-state index in [1.54, 1.807) is 13.3 Å². The molecule has 0 unspecified atom stereocenters. The number of carbonyl (C=O) groups excluding carboxylic acids is 1. The van der Waals surface area contributed by atoms with Crippen LogP contribution in [0.2, 0.25) is 0 Å². The van der Waals surface area contributed by atoms with E-state index in [4.69, 9.17) is 4.74 Å². The van der Waals surface area contributed by atoms with Gasteiger partial charge < -0.3 is 9.84 Å². The minimum Gasteiger partial charge on any atom is -0.496 e. The molecule has 3 rings (SSSR count). The van der Waals surface area contributed by atoms with Crippen LogP contribution >= 0.6 is 11.3 Å². The summed E-state index contributed by atoms with van der Waals surface area (Å²) in [4.78, 5) is 17.5.